The van der Waals surface area contributed by atoms with Gasteiger partial charge in [0.25, 0.3) is 11.8 Å². The second-order valence-electron chi connectivity index (χ2n) is 2.95. The molecule has 1 fully saturated rings. The molecule has 0 aromatic rings. The van der Waals surface area contributed by atoms with Crippen LogP contribution in [0.2, 0.25) is 0 Å². The highest BCUT2D eigenvalue weighted by Crippen LogP contribution is 2.07. The Morgan fingerprint density at radius 2 is 1.69 bits per heavy atom. The van der Waals surface area contributed by atoms with Gasteiger partial charge in [0.05, 0.1) is 0 Å². The summed E-state index contributed by atoms with van der Waals surface area (Å²) in [6.45, 7) is 1.12. The van der Waals surface area contributed by atoms with Crippen molar-refractivity contribution in [2.45, 2.75) is 25.9 Å². The van der Waals surface area contributed by atoms with E-state index in [9.17, 15) is 19.2 Å². The molecular formula is C8H11NO6S. The van der Waals surface area contributed by atoms with Crippen molar-refractivity contribution < 1.29 is 29.5 Å². The molecule has 90 valence electrons. The highest BCUT2D eigenvalue weighted by molar-refractivity contribution is 7.96. The molecule has 0 aliphatic carbocycles. The largest absolute Gasteiger partial charge is 0.377 e. The van der Waals surface area contributed by atoms with E-state index in [1.165, 1.54) is 0 Å². The van der Waals surface area contributed by atoms with Gasteiger partial charge in [0, 0.05) is 12.8 Å². The molecule has 1 atom stereocenters. The lowest BCUT2D eigenvalue weighted by Crippen LogP contribution is -2.24. The normalized spacial score (nSPS) is 16.6. The molecule has 16 heavy (non-hydrogen) atoms. The van der Waals surface area contributed by atoms with Gasteiger partial charge < -0.3 is 5.11 Å². The van der Waals surface area contributed by atoms with E-state index in [2.05, 4.69) is 12.6 Å². The number of rotatable bonds is 2. The van der Waals surface area contributed by atoms with Crippen molar-refractivity contribution >= 4 is 35.3 Å². The molecule has 0 bridgehead atoms. The molecule has 0 aromatic heterocycles. The van der Waals surface area contributed by atoms with E-state index in [4.69, 9.17) is 10.3 Å². The van der Waals surface area contributed by atoms with Gasteiger partial charge in [-0.3, -0.25) is 24.4 Å². The number of carbonyl (C=O) groups is 4. The molecule has 1 aliphatic heterocycles. The predicted octanol–water partition coefficient (Wildman–Crippen LogP) is -1.08. The summed E-state index contributed by atoms with van der Waals surface area (Å²) in [6.07, 6.45) is -1.25. The highest BCUT2D eigenvalue weighted by atomic mass is 32.1. The third-order valence-corrected chi connectivity index (χ3v) is 1.89. The number of nitrogens with zero attached hydrogens (tertiary/aromatic N) is 1. The molecule has 0 radical (unpaired) electrons. The molecule has 1 aliphatic rings. The fourth-order valence-corrected chi connectivity index (χ4v) is 0.920. The van der Waals surface area contributed by atoms with Gasteiger partial charge in [-0.05, 0) is 6.92 Å². The maximum Gasteiger partial charge on any atom is 0.253 e. The van der Waals surface area contributed by atoms with E-state index >= 15 is 0 Å². The van der Waals surface area contributed by atoms with Gasteiger partial charge in [-0.1, -0.05) is 0 Å². The van der Waals surface area contributed by atoms with Crippen molar-refractivity contribution in [1.82, 2.24) is 5.06 Å². The topological polar surface area (TPSA) is 112 Å². The minimum absolute atomic E-state index is 0.148. The lowest BCUT2D eigenvalue weighted by atomic mass is 10.3. The predicted molar refractivity (Wildman–Crippen MR) is 53.6 cm³/mol. The zero-order chi connectivity index (χ0) is 12.9. The number of hydroxylamine groups is 2. The molecule has 1 rings (SSSR count). The summed E-state index contributed by atoms with van der Waals surface area (Å²) in [5.41, 5.74) is 0. The summed E-state index contributed by atoms with van der Waals surface area (Å²) in [7, 11) is 0. The quantitative estimate of drug-likeness (QED) is 0.248. The first-order valence-corrected chi connectivity index (χ1v) is 4.68. The van der Waals surface area contributed by atoms with Crippen LogP contribution in [0.25, 0.3) is 0 Å². The third kappa shape index (κ3) is 4.51. The van der Waals surface area contributed by atoms with Crippen LogP contribution < -0.4 is 0 Å². The van der Waals surface area contributed by atoms with Crippen molar-refractivity contribution in [3.05, 3.63) is 0 Å². The first kappa shape index (κ1) is 14.8. The van der Waals surface area contributed by atoms with Crippen LogP contribution in [0, 0.1) is 0 Å². The number of hydrogen-bond donors (Lipinski definition) is 3. The number of amides is 2. The van der Waals surface area contributed by atoms with Gasteiger partial charge in [0.15, 0.2) is 11.9 Å². The third-order valence-electron chi connectivity index (χ3n) is 1.64. The Hall–Kier alpha value is -1.25. The lowest BCUT2D eigenvalue weighted by molar-refractivity contribution is -0.171. The van der Waals surface area contributed by atoms with Crippen LogP contribution in [0.15, 0.2) is 0 Å². The summed E-state index contributed by atoms with van der Waals surface area (Å²) in [5, 5.41) is 16.2. The molecule has 0 saturated carbocycles. The van der Waals surface area contributed by atoms with E-state index in [-0.39, 0.29) is 17.9 Å². The first-order valence-electron chi connectivity index (χ1n) is 4.23. The molecule has 1 heterocycles. The van der Waals surface area contributed by atoms with Crippen molar-refractivity contribution in [2.24, 2.45) is 0 Å². The maximum atomic E-state index is 10.2. The molecule has 8 heteroatoms. The molecule has 2 N–H and O–H groups in total. The molecule has 0 spiro atoms. The summed E-state index contributed by atoms with van der Waals surface area (Å²) >= 11 is 3.22. The van der Waals surface area contributed by atoms with Gasteiger partial charge >= 0.3 is 0 Å². The Morgan fingerprint density at radius 3 is 1.75 bits per heavy atom. The number of aliphatic hydroxyl groups is 1. The van der Waals surface area contributed by atoms with Gasteiger partial charge in [-0.25, -0.2) is 0 Å². The summed E-state index contributed by atoms with van der Waals surface area (Å²) in [5.74, 6) is -1.59. The number of carbonyl (C=O) groups excluding carboxylic acids is 4. The van der Waals surface area contributed by atoms with Crippen LogP contribution in [0.3, 0.4) is 0 Å². The molecular weight excluding hydrogens is 238 g/mol. The smallest absolute Gasteiger partial charge is 0.253 e. The number of ketones is 1. The second kappa shape index (κ2) is 6.36. The van der Waals surface area contributed by atoms with Crippen LogP contribution in [-0.2, 0) is 19.2 Å². The number of thiol groups is 1. The Kier molecular flexibility index (Phi) is 5.86. The fraction of sp³-hybridized carbons (Fsp3) is 0.500. The van der Waals surface area contributed by atoms with Gasteiger partial charge in [-0.2, -0.15) is 5.06 Å². The van der Waals surface area contributed by atoms with Gasteiger partial charge in [0.1, 0.15) is 0 Å². The van der Waals surface area contributed by atoms with Crippen molar-refractivity contribution in [3.8, 4) is 0 Å². The van der Waals surface area contributed by atoms with E-state index in [1.54, 1.807) is 0 Å². The lowest BCUT2D eigenvalue weighted by Gasteiger charge is -1.98. The number of Topliss-reactive ketones (excluding diaryl/α,β-unsaturated/α-hetero) is 1. The molecule has 1 saturated heterocycles. The minimum atomic E-state index is -1.54. The van der Waals surface area contributed by atoms with E-state index in [0.717, 1.165) is 6.92 Å². The average molecular weight is 249 g/mol. The zero-order valence-corrected chi connectivity index (χ0v) is 9.31. The average Bonchev–Trinajstić information content (AvgIpc) is 2.49. The van der Waals surface area contributed by atoms with Crippen LogP contribution in [0.5, 0.6) is 0 Å². The van der Waals surface area contributed by atoms with E-state index in [0.29, 0.717) is 0 Å². The minimum Gasteiger partial charge on any atom is -0.377 e. The Morgan fingerprint density at radius 1 is 1.31 bits per heavy atom. The molecule has 0 unspecified atom stereocenters. The van der Waals surface area contributed by atoms with Crippen LogP contribution in [0.1, 0.15) is 19.8 Å². The summed E-state index contributed by atoms with van der Waals surface area (Å²) in [6, 6.07) is 0. The molecule has 7 nitrogen and oxygen atoms in total. The van der Waals surface area contributed by atoms with E-state index in [1.807, 2.05) is 0 Å². The van der Waals surface area contributed by atoms with Crippen molar-refractivity contribution in [2.75, 3.05) is 0 Å². The fourth-order valence-electron chi connectivity index (χ4n) is 0.739. The van der Waals surface area contributed by atoms with Gasteiger partial charge in [-0.15, -0.1) is 12.6 Å². The molecule has 0 aromatic carbocycles. The van der Waals surface area contributed by atoms with Crippen LogP contribution >= 0.6 is 12.6 Å². The standard InChI is InChI=1S/C4H5NO3.C4H6O3S/c6-3-1-2-4(7)5(3)8;1-2(5)3(6)4(7)8/h8H,1-2H2;3,6H,1H3,(H,7,8)/t;3-/m.0/s1. The summed E-state index contributed by atoms with van der Waals surface area (Å²) < 4.78 is 0. The van der Waals surface area contributed by atoms with E-state index < -0.39 is 28.8 Å². The number of aliphatic hydroxyl groups excluding tert-OH is 1. The van der Waals surface area contributed by atoms with Crippen LogP contribution in [0.4, 0.5) is 0 Å². The van der Waals surface area contributed by atoms with Crippen molar-refractivity contribution in [1.29, 1.82) is 0 Å². The SMILES string of the molecule is CC(=O)[C@H](O)C(=O)S.O=C1CCC(=O)N1O. The number of hydrogen-bond acceptors (Lipinski definition) is 6. The van der Waals surface area contributed by atoms with Gasteiger partial charge in [0.2, 0.25) is 5.12 Å². The zero-order valence-electron chi connectivity index (χ0n) is 8.41. The van der Waals surface area contributed by atoms with Crippen LogP contribution in [-0.4, -0.2) is 44.2 Å². The number of imide groups is 1. The monoisotopic (exact) mass is 249 g/mol. The first-order chi connectivity index (χ1) is 7.27. The van der Waals surface area contributed by atoms with Crippen molar-refractivity contribution in [3.63, 3.8) is 0 Å². The molecule has 2 amide bonds. The maximum absolute atomic E-state index is 10.2. The Labute approximate surface area is 96.4 Å². The summed E-state index contributed by atoms with van der Waals surface area (Å²) in [4.78, 5) is 40.5. The Balaban J connectivity index is 0.000000281. The second-order valence-corrected chi connectivity index (χ2v) is 3.39. The highest BCUT2D eigenvalue weighted by Gasteiger charge is 2.26. The Bertz CT molecular complexity index is 298.